The van der Waals surface area contributed by atoms with Crippen molar-refractivity contribution in [1.82, 2.24) is 0 Å². The zero-order valence-corrected chi connectivity index (χ0v) is 22.0. The Labute approximate surface area is 225 Å². The Balaban J connectivity index is 1.34. The standard InChI is InChI=1S/C31H34F6O2/c1-2-3-19-4-6-20(7-5-19)21-8-10-22(11-9-21)23-12-13-26(27(32)16-23)30(38)39-24-17-28(33)25(29(34)18-24)14-15-31(35,36)37/h12-22H,2-11H2,1H3/b15-14+. The molecule has 2 saturated carbocycles. The Morgan fingerprint density at radius 1 is 0.872 bits per heavy atom. The van der Waals surface area contributed by atoms with Gasteiger partial charge in [-0.3, -0.25) is 0 Å². The first-order chi connectivity index (χ1) is 18.5. The molecule has 4 rings (SSSR count). The Kier molecular flexibility index (Phi) is 9.44. The lowest BCUT2D eigenvalue weighted by Gasteiger charge is -2.38. The van der Waals surface area contributed by atoms with E-state index >= 15 is 0 Å². The van der Waals surface area contributed by atoms with Crippen molar-refractivity contribution in [2.24, 2.45) is 17.8 Å². The summed E-state index contributed by atoms with van der Waals surface area (Å²) in [6, 6.07) is 5.48. The van der Waals surface area contributed by atoms with Gasteiger partial charge >= 0.3 is 12.1 Å². The first-order valence-electron chi connectivity index (χ1n) is 13.8. The Hall–Kier alpha value is -2.77. The second-order valence-corrected chi connectivity index (χ2v) is 11.0. The molecule has 0 radical (unpaired) electrons. The van der Waals surface area contributed by atoms with Gasteiger partial charge in [0.1, 0.15) is 23.2 Å². The van der Waals surface area contributed by atoms with Gasteiger partial charge in [-0.1, -0.05) is 38.7 Å². The summed E-state index contributed by atoms with van der Waals surface area (Å²) in [5.41, 5.74) is -0.508. The number of hydrogen-bond acceptors (Lipinski definition) is 2. The molecule has 212 valence electrons. The highest BCUT2D eigenvalue weighted by Gasteiger charge is 2.31. The van der Waals surface area contributed by atoms with Gasteiger partial charge in [0, 0.05) is 23.8 Å². The monoisotopic (exact) mass is 552 g/mol. The van der Waals surface area contributed by atoms with E-state index in [1.807, 2.05) is 0 Å². The van der Waals surface area contributed by atoms with Crippen molar-refractivity contribution in [1.29, 1.82) is 0 Å². The summed E-state index contributed by atoms with van der Waals surface area (Å²) < 4.78 is 85.1. The molecule has 0 aliphatic heterocycles. The summed E-state index contributed by atoms with van der Waals surface area (Å²) in [6.45, 7) is 2.25. The molecule has 0 atom stereocenters. The molecule has 0 saturated heterocycles. The van der Waals surface area contributed by atoms with Crippen LogP contribution in [0.4, 0.5) is 26.3 Å². The molecule has 0 aromatic heterocycles. The average molecular weight is 553 g/mol. The lowest BCUT2D eigenvalue weighted by molar-refractivity contribution is -0.0790. The maximum atomic E-state index is 14.9. The van der Waals surface area contributed by atoms with Crippen molar-refractivity contribution >= 4 is 12.0 Å². The fourth-order valence-corrected chi connectivity index (χ4v) is 6.35. The highest BCUT2D eigenvalue weighted by atomic mass is 19.4. The molecule has 2 nitrogen and oxygen atoms in total. The van der Waals surface area contributed by atoms with E-state index < -0.39 is 46.5 Å². The number of allylic oxidation sites excluding steroid dienone is 1. The number of alkyl halides is 3. The molecule has 39 heavy (non-hydrogen) atoms. The van der Waals surface area contributed by atoms with E-state index in [9.17, 15) is 31.1 Å². The molecule has 2 fully saturated rings. The molecule has 2 aliphatic rings. The van der Waals surface area contributed by atoms with Crippen LogP contribution in [0.2, 0.25) is 0 Å². The number of rotatable bonds is 7. The largest absolute Gasteiger partial charge is 0.423 e. The van der Waals surface area contributed by atoms with Crippen molar-refractivity contribution in [3.05, 3.63) is 70.5 Å². The number of carbonyl (C=O) groups excluding carboxylic acids is 1. The molecule has 8 heteroatoms. The van der Waals surface area contributed by atoms with Crippen LogP contribution < -0.4 is 4.74 Å². The summed E-state index contributed by atoms with van der Waals surface area (Å²) >= 11 is 0. The third-order valence-electron chi connectivity index (χ3n) is 8.41. The first-order valence-corrected chi connectivity index (χ1v) is 13.8. The maximum Gasteiger partial charge on any atom is 0.409 e. The molecule has 2 aliphatic carbocycles. The van der Waals surface area contributed by atoms with Gasteiger partial charge in [-0.05, 0) is 86.0 Å². The van der Waals surface area contributed by atoms with E-state index in [-0.39, 0.29) is 18.1 Å². The van der Waals surface area contributed by atoms with Crippen LogP contribution in [0.1, 0.15) is 98.5 Å². The van der Waals surface area contributed by atoms with Gasteiger partial charge in [-0.2, -0.15) is 13.2 Å². The third kappa shape index (κ3) is 7.67. The molecule has 2 aromatic carbocycles. The molecule has 0 spiro atoms. The fraction of sp³-hybridized carbons (Fsp3) is 0.516. The average Bonchev–Trinajstić information content (AvgIpc) is 2.88. The molecule has 0 heterocycles. The Bertz CT molecular complexity index is 1150. The van der Waals surface area contributed by atoms with Crippen LogP contribution in [0, 0.1) is 35.2 Å². The minimum absolute atomic E-state index is 0.206. The van der Waals surface area contributed by atoms with Gasteiger partial charge in [0.05, 0.1) is 5.56 Å². The zero-order chi connectivity index (χ0) is 28.2. The van der Waals surface area contributed by atoms with Crippen LogP contribution in [-0.2, 0) is 0 Å². The molecule has 2 aromatic rings. The summed E-state index contributed by atoms with van der Waals surface area (Å²) in [5, 5.41) is 0. The van der Waals surface area contributed by atoms with Crippen LogP contribution >= 0.6 is 0 Å². The van der Waals surface area contributed by atoms with Crippen LogP contribution in [0.5, 0.6) is 5.75 Å². The van der Waals surface area contributed by atoms with E-state index in [1.165, 1.54) is 50.7 Å². The summed E-state index contributed by atoms with van der Waals surface area (Å²) in [5.74, 6) is -2.62. The number of hydrogen-bond donors (Lipinski definition) is 0. The SMILES string of the molecule is CCCC1CCC(C2CCC(c3ccc(C(=O)Oc4cc(F)c(/C=C/C(F)(F)F)c(F)c4)c(F)c3)CC2)CC1. The van der Waals surface area contributed by atoms with Crippen LogP contribution in [0.25, 0.3) is 6.08 Å². The smallest absolute Gasteiger partial charge is 0.409 e. The number of ether oxygens (including phenoxy) is 1. The van der Waals surface area contributed by atoms with Gasteiger partial charge in [-0.15, -0.1) is 0 Å². The van der Waals surface area contributed by atoms with Gasteiger partial charge in [0.2, 0.25) is 0 Å². The van der Waals surface area contributed by atoms with Crippen molar-refractivity contribution in [3.8, 4) is 5.75 Å². The Morgan fingerprint density at radius 2 is 1.46 bits per heavy atom. The van der Waals surface area contributed by atoms with E-state index in [0.717, 1.165) is 49.0 Å². The topological polar surface area (TPSA) is 26.3 Å². The molecule has 0 amide bonds. The van der Waals surface area contributed by atoms with E-state index in [4.69, 9.17) is 4.74 Å². The lowest BCUT2D eigenvalue weighted by Crippen LogP contribution is -2.25. The van der Waals surface area contributed by atoms with Crippen LogP contribution in [0.3, 0.4) is 0 Å². The van der Waals surface area contributed by atoms with Gasteiger partial charge in [0.25, 0.3) is 0 Å². The molecular weight excluding hydrogens is 518 g/mol. The molecule has 0 unspecified atom stereocenters. The Morgan fingerprint density at radius 3 is 2.00 bits per heavy atom. The molecular formula is C31H34F6O2. The van der Waals surface area contributed by atoms with E-state index in [0.29, 0.717) is 12.1 Å². The number of esters is 1. The predicted octanol–water partition coefficient (Wildman–Crippen LogP) is 9.78. The zero-order valence-electron chi connectivity index (χ0n) is 22.0. The van der Waals surface area contributed by atoms with Crippen LogP contribution in [-0.4, -0.2) is 12.1 Å². The first kappa shape index (κ1) is 29.2. The van der Waals surface area contributed by atoms with Gasteiger partial charge in [-0.25, -0.2) is 18.0 Å². The van der Waals surface area contributed by atoms with Gasteiger partial charge in [0.15, 0.2) is 0 Å². The van der Waals surface area contributed by atoms with E-state index in [2.05, 4.69) is 6.92 Å². The van der Waals surface area contributed by atoms with Gasteiger partial charge < -0.3 is 4.74 Å². The van der Waals surface area contributed by atoms with Crippen LogP contribution in [0.15, 0.2) is 36.4 Å². The minimum atomic E-state index is -4.75. The highest BCUT2D eigenvalue weighted by molar-refractivity contribution is 5.91. The normalized spacial score (nSPS) is 24.2. The van der Waals surface area contributed by atoms with Crippen molar-refractivity contribution < 1.29 is 35.9 Å². The quantitative estimate of drug-likeness (QED) is 0.194. The summed E-state index contributed by atoms with van der Waals surface area (Å²) in [7, 11) is 0. The molecule has 0 bridgehead atoms. The second-order valence-electron chi connectivity index (χ2n) is 11.0. The lowest BCUT2D eigenvalue weighted by atomic mass is 9.68. The van der Waals surface area contributed by atoms with Crippen molar-refractivity contribution in [2.45, 2.75) is 83.2 Å². The maximum absolute atomic E-state index is 14.9. The minimum Gasteiger partial charge on any atom is -0.423 e. The van der Waals surface area contributed by atoms with Crippen molar-refractivity contribution in [3.63, 3.8) is 0 Å². The fourth-order valence-electron chi connectivity index (χ4n) is 6.35. The number of halogens is 6. The second kappa shape index (κ2) is 12.6. The summed E-state index contributed by atoms with van der Waals surface area (Å²) in [4.78, 5) is 12.5. The van der Waals surface area contributed by atoms with E-state index in [1.54, 1.807) is 6.07 Å². The third-order valence-corrected chi connectivity index (χ3v) is 8.41. The summed E-state index contributed by atoms with van der Waals surface area (Å²) in [6.07, 6.45) is 7.24. The molecule has 0 N–H and O–H groups in total. The highest BCUT2D eigenvalue weighted by Crippen LogP contribution is 2.44. The number of benzene rings is 2. The van der Waals surface area contributed by atoms with Crippen molar-refractivity contribution in [2.75, 3.05) is 0 Å². The number of carbonyl (C=O) groups is 1. The predicted molar refractivity (Wildman–Crippen MR) is 138 cm³/mol.